The third-order valence-electron chi connectivity index (χ3n) is 2.51. The van der Waals surface area contributed by atoms with Crippen molar-refractivity contribution in [1.29, 1.82) is 5.26 Å². The van der Waals surface area contributed by atoms with Gasteiger partial charge in [-0.3, -0.25) is 0 Å². The van der Waals surface area contributed by atoms with Crippen molar-refractivity contribution in [3.05, 3.63) is 48.0 Å². The van der Waals surface area contributed by atoms with Crippen molar-refractivity contribution in [1.82, 2.24) is 0 Å². The molecule has 0 unspecified atom stereocenters. The molecule has 0 bridgehead atoms. The minimum Gasteiger partial charge on any atom is -0.508 e. The van der Waals surface area contributed by atoms with Gasteiger partial charge < -0.3 is 9.84 Å². The van der Waals surface area contributed by atoms with Crippen LogP contribution in [0.1, 0.15) is 5.56 Å². The van der Waals surface area contributed by atoms with Crippen LogP contribution in [-0.4, -0.2) is 19.8 Å². The Hall–Kier alpha value is -2.52. The summed E-state index contributed by atoms with van der Waals surface area (Å²) in [5.41, 5.74) is 0.271. The molecule has 0 aliphatic carbocycles. The van der Waals surface area contributed by atoms with Gasteiger partial charge in [0.1, 0.15) is 17.2 Å². The zero-order valence-electron chi connectivity index (χ0n) is 10.6. The lowest BCUT2D eigenvalue weighted by Crippen LogP contribution is -1.96. The van der Waals surface area contributed by atoms with E-state index in [9.17, 15) is 13.5 Å². The lowest BCUT2D eigenvalue weighted by Gasteiger charge is -2.07. The zero-order valence-corrected chi connectivity index (χ0v) is 11.4. The molecule has 0 saturated heterocycles. The summed E-state index contributed by atoms with van der Waals surface area (Å²) < 4.78 is 28.1. The lowest BCUT2D eigenvalue weighted by molar-refractivity contribution is 0.455. The van der Waals surface area contributed by atoms with Gasteiger partial charge in [0.2, 0.25) is 0 Å². The molecule has 0 heterocycles. The van der Waals surface area contributed by atoms with Crippen molar-refractivity contribution in [3.63, 3.8) is 0 Å². The van der Waals surface area contributed by atoms with Crippen LogP contribution >= 0.6 is 0 Å². The Bertz CT molecular complexity index is 774. The normalized spacial score (nSPS) is 10.8. The maximum Gasteiger partial charge on any atom is 0.175 e. The third-order valence-corrected chi connectivity index (χ3v) is 3.64. The fourth-order valence-electron chi connectivity index (χ4n) is 1.60. The zero-order chi connectivity index (χ0) is 14.8. The highest BCUT2D eigenvalue weighted by molar-refractivity contribution is 7.90. The number of hydrogen-bond donors (Lipinski definition) is 1. The summed E-state index contributed by atoms with van der Waals surface area (Å²) in [7, 11) is -3.25. The first-order chi connectivity index (χ1) is 9.38. The van der Waals surface area contributed by atoms with Crippen molar-refractivity contribution >= 4 is 9.84 Å². The third kappa shape index (κ3) is 3.28. The molecule has 5 nitrogen and oxygen atoms in total. The Morgan fingerprint density at radius 3 is 2.30 bits per heavy atom. The maximum atomic E-state index is 11.3. The Morgan fingerprint density at radius 1 is 1.10 bits per heavy atom. The summed E-state index contributed by atoms with van der Waals surface area (Å²) in [6.07, 6.45) is 1.12. The van der Waals surface area contributed by atoms with E-state index >= 15 is 0 Å². The molecule has 2 rings (SSSR count). The highest BCUT2D eigenvalue weighted by Gasteiger charge is 2.07. The molecule has 0 aromatic heterocycles. The maximum absolute atomic E-state index is 11.3. The van der Waals surface area contributed by atoms with Crippen molar-refractivity contribution in [2.24, 2.45) is 0 Å². The quantitative estimate of drug-likeness (QED) is 0.937. The SMILES string of the molecule is CS(=O)(=O)c1ccc(Oc2cc(O)cc(C#N)c2)cc1. The van der Waals surface area contributed by atoms with Gasteiger partial charge >= 0.3 is 0 Å². The van der Waals surface area contributed by atoms with Gasteiger partial charge in [-0.05, 0) is 36.4 Å². The number of phenols is 1. The molecular formula is C14H11NO4S. The van der Waals surface area contributed by atoms with Crippen LogP contribution in [0.25, 0.3) is 0 Å². The predicted molar refractivity (Wildman–Crippen MR) is 72.4 cm³/mol. The van der Waals surface area contributed by atoms with Crippen LogP contribution in [0.5, 0.6) is 17.2 Å². The van der Waals surface area contributed by atoms with Gasteiger partial charge in [0.25, 0.3) is 0 Å². The molecule has 0 amide bonds. The summed E-state index contributed by atoms with van der Waals surface area (Å²) >= 11 is 0. The van der Waals surface area contributed by atoms with Crippen molar-refractivity contribution in [2.45, 2.75) is 4.90 Å². The van der Waals surface area contributed by atoms with Gasteiger partial charge in [-0.25, -0.2) is 8.42 Å². The van der Waals surface area contributed by atoms with Crippen molar-refractivity contribution in [3.8, 4) is 23.3 Å². The number of sulfone groups is 1. The molecule has 0 aliphatic rings. The van der Waals surface area contributed by atoms with Crippen LogP contribution < -0.4 is 4.74 Å². The molecule has 0 fully saturated rings. The fourth-order valence-corrected chi connectivity index (χ4v) is 2.23. The summed E-state index contributed by atoms with van der Waals surface area (Å²) in [6, 6.07) is 11.9. The van der Waals surface area contributed by atoms with E-state index in [4.69, 9.17) is 10.00 Å². The molecule has 2 aromatic carbocycles. The fraction of sp³-hybridized carbons (Fsp3) is 0.0714. The number of aromatic hydroxyl groups is 1. The molecule has 0 radical (unpaired) electrons. The van der Waals surface area contributed by atoms with E-state index in [1.165, 1.54) is 42.5 Å². The van der Waals surface area contributed by atoms with Crippen LogP contribution in [0.2, 0.25) is 0 Å². The Labute approximate surface area is 116 Å². The second-order valence-electron chi connectivity index (χ2n) is 4.17. The number of phenolic OH excluding ortho intramolecular Hbond substituents is 1. The molecule has 0 aliphatic heterocycles. The minimum atomic E-state index is -3.25. The van der Waals surface area contributed by atoms with Crippen molar-refractivity contribution < 1.29 is 18.3 Å². The first-order valence-corrected chi connectivity index (χ1v) is 7.50. The minimum absolute atomic E-state index is 0.0770. The van der Waals surface area contributed by atoms with E-state index in [1.54, 1.807) is 0 Å². The van der Waals surface area contributed by atoms with Gasteiger partial charge in [-0.15, -0.1) is 0 Å². The number of benzene rings is 2. The molecule has 102 valence electrons. The van der Waals surface area contributed by atoms with E-state index < -0.39 is 9.84 Å². The highest BCUT2D eigenvalue weighted by atomic mass is 32.2. The van der Waals surface area contributed by atoms with Gasteiger partial charge in [-0.2, -0.15) is 5.26 Å². The highest BCUT2D eigenvalue weighted by Crippen LogP contribution is 2.27. The van der Waals surface area contributed by atoms with Crippen molar-refractivity contribution in [2.75, 3.05) is 6.26 Å². The van der Waals surface area contributed by atoms with E-state index in [0.717, 1.165) is 6.26 Å². The predicted octanol–water partition coefficient (Wildman–Crippen LogP) is 2.46. The lowest BCUT2D eigenvalue weighted by atomic mass is 10.2. The number of nitriles is 1. The van der Waals surface area contributed by atoms with E-state index in [-0.39, 0.29) is 16.2 Å². The first-order valence-electron chi connectivity index (χ1n) is 5.60. The van der Waals surface area contributed by atoms with E-state index in [2.05, 4.69) is 0 Å². The number of ether oxygens (including phenoxy) is 1. The monoisotopic (exact) mass is 289 g/mol. The van der Waals surface area contributed by atoms with E-state index in [1.807, 2.05) is 6.07 Å². The number of rotatable bonds is 3. The molecule has 6 heteroatoms. The Balaban J connectivity index is 2.27. The summed E-state index contributed by atoms with van der Waals surface area (Å²) in [4.78, 5) is 0.193. The topological polar surface area (TPSA) is 87.4 Å². The molecule has 0 spiro atoms. The summed E-state index contributed by atoms with van der Waals surface area (Å²) in [5.74, 6) is 0.632. The van der Waals surface area contributed by atoms with Gasteiger partial charge in [0.15, 0.2) is 9.84 Å². The van der Waals surface area contributed by atoms with Gasteiger partial charge in [-0.1, -0.05) is 0 Å². The van der Waals surface area contributed by atoms with Gasteiger partial charge in [0, 0.05) is 12.3 Å². The largest absolute Gasteiger partial charge is 0.508 e. The van der Waals surface area contributed by atoms with Crippen LogP contribution in [0, 0.1) is 11.3 Å². The first kappa shape index (κ1) is 13.9. The van der Waals surface area contributed by atoms with Crippen LogP contribution in [0.15, 0.2) is 47.4 Å². The molecule has 2 aromatic rings. The average molecular weight is 289 g/mol. The van der Waals surface area contributed by atoms with Crippen LogP contribution in [-0.2, 0) is 9.84 Å². The molecule has 20 heavy (non-hydrogen) atoms. The molecule has 0 atom stereocenters. The Morgan fingerprint density at radius 2 is 1.75 bits per heavy atom. The van der Waals surface area contributed by atoms with Crippen LogP contribution in [0.4, 0.5) is 0 Å². The standard InChI is InChI=1S/C14H11NO4S/c1-20(17,18)14-4-2-12(3-5-14)19-13-7-10(9-15)6-11(16)8-13/h2-8,16H,1H3. The second kappa shape index (κ2) is 5.23. The number of nitrogens with zero attached hydrogens (tertiary/aromatic N) is 1. The van der Waals surface area contributed by atoms with E-state index in [0.29, 0.717) is 11.5 Å². The molecule has 0 saturated carbocycles. The average Bonchev–Trinajstić information content (AvgIpc) is 2.37. The second-order valence-corrected chi connectivity index (χ2v) is 6.19. The Kier molecular flexibility index (Phi) is 3.63. The molecule has 1 N–H and O–H groups in total. The van der Waals surface area contributed by atoms with Gasteiger partial charge in [0.05, 0.1) is 16.5 Å². The molecular weight excluding hydrogens is 278 g/mol. The smallest absolute Gasteiger partial charge is 0.175 e. The van der Waals surface area contributed by atoms with Crippen LogP contribution in [0.3, 0.4) is 0 Å². The summed E-state index contributed by atoms with van der Waals surface area (Å²) in [6.45, 7) is 0. The number of hydrogen-bond acceptors (Lipinski definition) is 5. The summed E-state index contributed by atoms with van der Waals surface area (Å²) in [5, 5.41) is 18.2.